The molecule has 0 saturated carbocycles. The van der Waals surface area contributed by atoms with Crippen LogP contribution in [-0.2, 0) is 14.3 Å². The maximum Gasteiger partial charge on any atom is 0.338 e. The molecule has 1 fully saturated rings. The van der Waals surface area contributed by atoms with Crippen LogP contribution in [0.1, 0.15) is 11.7 Å². The van der Waals surface area contributed by atoms with Gasteiger partial charge in [0.05, 0.1) is 7.11 Å². The lowest BCUT2D eigenvalue weighted by Gasteiger charge is -2.07. The van der Waals surface area contributed by atoms with Crippen LogP contribution in [0.2, 0.25) is 0 Å². The smallest absolute Gasteiger partial charge is 0.338 e. The van der Waals surface area contributed by atoms with E-state index in [9.17, 15) is 4.79 Å². The van der Waals surface area contributed by atoms with Crippen LogP contribution in [0, 0.1) is 0 Å². The second kappa shape index (κ2) is 4.82. The number of epoxide rings is 1. The number of esters is 1. The Morgan fingerprint density at radius 2 is 1.95 bits per heavy atom. The van der Waals surface area contributed by atoms with Gasteiger partial charge in [0.25, 0.3) is 0 Å². The number of rotatable bonds is 3. The molecule has 0 amide bonds. The van der Waals surface area contributed by atoms with Gasteiger partial charge in [-0.25, -0.2) is 4.79 Å². The molecule has 1 aromatic heterocycles. The normalized spacial score (nSPS) is 20.9. The van der Waals surface area contributed by atoms with E-state index >= 15 is 0 Å². The number of nitrogens with zero attached hydrogens (tertiary/aromatic N) is 1. The fourth-order valence-corrected chi connectivity index (χ4v) is 2.18. The van der Waals surface area contributed by atoms with E-state index in [1.807, 2.05) is 36.4 Å². The summed E-state index contributed by atoms with van der Waals surface area (Å²) < 4.78 is 10.1. The molecule has 1 aliphatic heterocycles. The molecular weight excluding hydrogens is 242 g/mol. The molecule has 3 rings (SSSR count). The summed E-state index contributed by atoms with van der Waals surface area (Å²) in [7, 11) is 1.37. The summed E-state index contributed by atoms with van der Waals surface area (Å²) >= 11 is 0. The van der Waals surface area contributed by atoms with Gasteiger partial charge in [0, 0.05) is 12.4 Å². The van der Waals surface area contributed by atoms with Crippen molar-refractivity contribution in [2.24, 2.45) is 0 Å². The van der Waals surface area contributed by atoms with Gasteiger partial charge in [-0.3, -0.25) is 4.98 Å². The van der Waals surface area contributed by atoms with Gasteiger partial charge in [-0.2, -0.15) is 0 Å². The average Bonchev–Trinajstić information content (AvgIpc) is 3.28. The number of aromatic nitrogens is 1. The minimum atomic E-state index is -0.479. The minimum absolute atomic E-state index is 0.211. The Hall–Kier alpha value is -2.20. The summed E-state index contributed by atoms with van der Waals surface area (Å²) in [5, 5.41) is 0. The van der Waals surface area contributed by atoms with E-state index in [2.05, 4.69) is 4.98 Å². The number of benzene rings is 1. The minimum Gasteiger partial charge on any atom is -0.467 e. The van der Waals surface area contributed by atoms with E-state index in [0.29, 0.717) is 0 Å². The molecule has 0 spiro atoms. The molecule has 2 atom stereocenters. The standard InChI is InChI=1S/C15H13NO3/c1-18-15(17)14-13(19-14)12-5-3-2-4-11(12)10-6-8-16-9-7-10/h2-9,13-14H,1H3/t13-,14+/m0/s1. The first kappa shape index (κ1) is 11.9. The maximum absolute atomic E-state index is 11.4. The Morgan fingerprint density at radius 3 is 2.68 bits per heavy atom. The molecule has 2 heterocycles. The van der Waals surface area contributed by atoms with Crippen molar-refractivity contribution in [3.8, 4) is 11.1 Å². The van der Waals surface area contributed by atoms with Crippen LogP contribution in [0.25, 0.3) is 11.1 Å². The van der Waals surface area contributed by atoms with E-state index in [0.717, 1.165) is 16.7 Å². The lowest BCUT2D eigenvalue weighted by molar-refractivity contribution is -0.142. The first-order chi connectivity index (χ1) is 9.31. The van der Waals surface area contributed by atoms with Gasteiger partial charge >= 0.3 is 5.97 Å². The Morgan fingerprint density at radius 1 is 1.21 bits per heavy atom. The van der Waals surface area contributed by atoms with Crippen molar-refractivity contribution in [1.29, 1.82) is 0 Å². The fourth-order valence-electron chi connectivity index (χ4n) is 2.18. The third-order valence-electron chi connectivity index (χ3n) is 3.18. The zero-order valence-electron chi connectivity index (χ0n) is 10.4. The fraction of sp³-hybridized carbons (Fsp3) is 0.200. The SMILES string of the molecule is COC(=O)[C@@H]1O[C@H]1c1ccccc1-c1ccncc1. The van der Waals surface area contributed by atoms with Crippen molar-refractivity contribution in [1.82, 2.24) is 4.98 Å². The molecule has 1 saturated heterocycles. The maximum atomic E-state index is 11.4. The topological polar surface area (TPSA) is 51.7 Å². The summed E-state index contributed by atoms with van der Waals surface area (Å²) in [6.07, 6.45) is 2.81. The highest BCUT2D eigenvalue weighted by molar-refractivity contribution is 5.80. The van der Waals surface area contributed by atoms with Crippen molar-refractivity contribution >= 4 is 5.97 Å². The molecule has 0 N–H and O–H groups in total. The van der Waals surface area contributed by atoms with E-state index in [1.54, 1.807) is 12.4 Å². The van der Waals surface area contributed by atoms with E-state index in [-0.39, 0.29) is 12.1 Å². The predicted molar refractivity (Wildman–Crippen MR) is 69.3 cm³/mol. The molecule has 96 valence electrons. The second-order valence-corrected chi connectivity index (χ2v) is 4.32. The highest BCUT2D eigenvalue weighted by Crippen LogP contribution is 2.43. The first-order valence-electron chi connectivity index (χ1n) is 6.04. The van der Waals surface area contributed by atoms with Crippen molar-refractivity contribution in [2.45, 2.75) is 12.2 Å². The Bertz CT molecular complexity index is 597. The number of methoxy groups -OCH3 is 1. The van der Waals surface area contributed by atoms with Gasteiger partial charge in [-0.1, -0.05) is 24.3 Å². The van der Waals surface area contributed by atoms with Crippen LogP contribution in [-0.4, -0.2) is 24.2 Å². The monoisotopic (exact) mass is 255 g/mol. The lowest BCUT2D eigenvalue weighted by Crippen LogP contribution is -2.09. The predicted octanol–water partition coefficient (Wildman–Crippen LogP) is 2.36. The van der Waals surface area contributed by atoms with Gasteiger partial charge in [-0.05, 0) is 28.8 Å². The third kappa shape index (κ3) is 2.22. The number of carbonyl (C=O) groups excluding carboxylic acids is 1. The Labute approximate surface area is 111 Å². The van der Waals surface area contributed by atoms with Crippen LogP contribution in [0.15, 0.2) is 48.8 Å². The Balaban J connectivity index is 1.94. The van der Waals surface area contributed by atoms with Crippen molar-refractivity contribution in [3.63, 3.8) is 0 Å². The molecule has 4 heteroatoms. The average molecular weight is 255 g/mol. The number of hydrogen-bond acceptors (Lipinski definition) is 4. The summed E-state index contributed by atoms with van der Waals surface area (Å²) in [5.74, 6) is -0.325. The quantitative estimate of drug-likeness (QED) is 0.624. The highest BCUT2D eigenvalue weighted by atomic mass is 16.6. The van der Waals surface area contributed by atoms with Crippen molar-refractivity contribution < 1.29 is 14.3 Å². The molecule has 19 heavy (non-hydrogen) atoms. The molecule has 1 aliphatic rings. The molecular formula is C15H13NO3. The van der Waals surface area contributed by atoms with E-state index in [1.165, 1.54) is 7.11 Å². The van der Waals surface area contributed by atoms with Crippen LogP contribution in [0.4, 0.5) is 0 Å². The van der Waals surface area contributed by atoms with Gasteiger partial charge in [-0.15, -0.1) is 0 Å². The Kier molecular flexibility index (Phi) is 3.01. The largest absolute Gasteiger partial charge is 0.467 e. The summed E-state index contributed by atoms with van der Waals surface area (Å²) in [6, 6.07) is 11.8. The van der Waals surface area contributed by atoms with Crippen molar-refractivity contribution in [3.05, 3.63) is 54.4 Å². The van der Waals surface area contributed by atoms with Crippen LogP contribution in [0.3, 0.4) is 0 Å². The van der Waals surface area contributed by atoms with Crippen LogP contribution >= 0.6 is 0 Å². The zero-order chi connectivity index (χ0) is 13.2. The van der Waals surface area contributed by atoms with Gasteiger partial charge in [0.2, 0.25) is 0 Å². The summed E-state index contributed by atoms with van der Waals surface area (Å²) in [4.78, 5) is 15.5. The number of hydrogen-bond donors (Lipinski definition) is 0. The molecule has 0 bridgehead atoms. The van der Waals surface area contributed by atoms with Gasteiger partial charge < -0.3 is 9.47 Å². The van der Waals surface area contributed by atoms with Crippen LogP contribution in [0.5, 0.6) is 0 Å². The van der Waals surface area contributed by atoms with Crippen LogP contribution < -0.4 is 0 Å². The molecule has 0 radical (unpaired) electrons. The van der Waals surface area contributed by atoms with E-state index < -0.39 is 6.10 Å². The molecule has 0 unspecified atom stereocenters. The number of pyridine rings is 1. The molecule has 1 aromatic carbocycles. The molecule has 0 aliphatic carbocycles. The lowest BCUT2D eigenvalue weighted by atomic mass is 9.97. The van der Waals surface area contributed by atoms with E-state index in [4.69, 9.17) is 9.47 Å². The number of carbonyl (C=O) groups is 1. The summed E-state index contributed by atoms with van der Waals surface area (Å²) in [6.45, 7) is 0. The highest BCUT2D eigenvalue weighted by Gasteiger charge is 2.48. The van der Waals surface area contributed by atoms with Gasteiger partial charge in [0.15, 0.2) is 6.10 Å². The second-order valence-electron chi connectivity index (χ2n) is 4.32. The molecule has 2 aromatic rings. The van der Waals surface area contributed by atoms with Crippen molar-refractivity contribution in [2.75, 3.05) is 7.11 Å². The molecule has 4 nitrogen and oxygen atoms in total. The summed E-state index contributed by atoms with van der Waals surface area (Å²) in [5.41, 5.74) is 3.12. The zero-order valence-corrected chi connectivity index (χ0v) is 10.4. The first-order valence-corrected chi connectivity index (χ1v) is 6.04. The van der Waals surface area contributed by atoms with Gasteiger partial charge in [0.1, 0.15) is 6.10 Å². The number of ether oxygens (including phenoxy) is 2. The third-order valence-corrected chi connectivity index (χ3v) is 3.18.